The van der Waals surface area contributed by atoms with Crippen molar-refractivity contribution in [3.05, 3.63) is 197 Å². The van der Waals surface area contributed by atoms with Gasteiger partial charge in [0.2, 0.25) is 0 Å². The van der Waals surface area contributed by atoms with Crippen LogP contribution >= 0.6 is 0 Å². The van der Waals surface area contributed by atoms with Gasteiger partial charge in [-0.05, 0) is 46.5 Å². The van der Waals surface area contributed by atoms with Crippen LogP contribution in [0.5, 0.6) is 5.75 Å². The molecule has 0 saturated carbocycles. The zero-order valence-corrected chi connectivity index (χ0v) is 36.2. The number of nitrogens with zero attached hydrogens (tertiary/aromatic N) is 1. The van der Waals surface area contributed by atoms with Crippen molar-refractivity contribution in [2.75, 3.05) is 13.7 Å². The monoisotopic (exact) mass is 877 g/mol. The van der Waals surface area contributed by atoms with Crippen molar-refractivity contribution < 1.29 is 38.0 Å². The summed E-state index contributed by atoms with van der Waals surface area (Å²) in [6, 6.07) is 53.7. The van der Waals surface area contributed by atoms with Crippen molar-refractivity contribution in [3.63, 3.8) is 0 Å². The van der Waals surface area contributed by atoms with E-state index in [2.05, 4.69) is 14.9 Å². The number of nitrogens with one attached hydrogen (secondary N) is 2. The number of hydrogen-bond donors (Lipinski definition) is 2. The van der Waals surface area contributed by atoms with Crippen LogP contribution in [0.25, 0.3) is 43.6 Å². The van der Waals surface area contributed by atoms with Gasteiger partial charge in [-0.25, -0.2) is 0 Å². The molecule has 0 radical (unpaired) electrons. The number of ether oxygens (including phenoxy) is 6. The molecule has 11 nitrogen and oxygen atoms in total. The van der Waals surface area contributed by atoms with E-state index in [0.717, 1.165) is 49.8 Å². The predicted molar refractivity (Wildman–Crippen MR) is 252 cm³/mol. The number of carbonyl (C=O) groups excluding carboxylic acids is 2. The highest BCUT2D eigenvalue weighted by molar-refractivity contribution is 6.39. The zero-order chi connectivity index (χ0) is 44.6. The molecule has 0 spiro atoms. The summed E-state index contributed by atoms with van der Waals surface area (Å²) in [6.07, 6.45) is -3.77. The average Bonchev–Trinajstić information content (AvgIpc) is 4.01. The number of benzene rings is 7. The average molecular weight is 878 g/mol. The van der Waals surface area contributed by atoms with Gasteiger partial charge in [0, 0.05) is 27.1 Å². The van der Waals surface area contributed by atoms with Gasteiger partial charge in [-0.15, -0.1) is 0 Å². The first-order valence-electron chi connectivity index (χ1n) is 22.2. The third-order valence-electron chi connectivity index (χ3n) is 12.7. The molecule has 2 aromatic heterocycles. The topological polar surface area (TPSA) is 122 Å². The van der Waals surface area contributed by atoms with E-state index in [4.69, 9.17) is 28.4 Å². The number of imide groups is 1. The quantitative estimate of drug-likeness (QED) is 0.0977. The van der Waals surface area contributed by atoms with Gasteiger partial charge in [0.15, 0.2) is 6.23 Å². The maximum atomic E-state index is 14.1. The summed E-state index contributed by atoms with van der Waals surface area (Å²) >= 11 is 0. The lowest BCUT2D eigenvalue weighted by Crippen LogP contribution is -2.59. The number of aromatic nitrogens is 2. The molecule has 0 unspecified atom stereocenters. The summed E-state index contributed by atoms with van der Waals surface area (Å²) in [7, 11) is 1.65. The number of amides is 2. The molecule has 9 aromatic rings. The second kappa shape index (κ2) is 18.0. The van der Waals surface area contributed by atoms with Crippen LogP contribution in [0, 0.1) is 0 Å². The summed E-state index contributed by atoms with van der Waals surface area (Å²) in [6.45, 7) is 1.24. The van der Waals surface area contributed by atoms with E-state index >= 15 is 0 Å². The first-order valence-corrected chi connectivity index (χ1v) is 22.2. The van der Waals surface area contributed by atoms with Crippen LogP contribution in [0.3, 0.4) is 0 Å². The highest BCUT2D eigenvalue weighted by Crippen LogP contribution is 2.47. The largest absolute Gasteiger partial charge is 0.497 e. The minimum absolute atomic E-state index is 0.143. The maximum Gasteiger partial charge on any atom is 0.259 e. The summed E-state index contributed by atoms with van der Waals surface area (Å²) < 4.78 is 43.0. The molecule has 2 amide bonds. The Kier molecular flexibility index (Phi) is 11.4. The van der Waals surface area contributed by atoms with E-state index in [1.165, 1.54) is 0 Å². The van der Waals surface area contributed by atoms with Crippen molar-refractivity contribution >= 4 is 55.4 Å². The minimum atomic E-state index is -0.879. The number of aromatic amines is 1. The SMILES string of the molecule is COc1ccc(COC[C@H]2O[C@@H](n3c4ccccc4c4c5c(c6c7ccccc7[nH]c6c43)C(=O)NC5=O)[C@H](OCc3ccccc3)[C@@H](OCc3ccccc3)[C@@H]2OCc2ccccc2)cc1. The number of H-pyrrole nitrogens is 1. The Bertz CT molecular complexity index is 3190. The van der Waals surface area contributed by atoms with Crippen molar-refractivity contribution in [2.45, 2.75) is 57.1 Å². The highest BCUT2D eigenvalue weighted by atomic mass is 16.6. The first kappa shape index (κ1) is 41.6. The molecule has 2 aliphatic rings. The van der Waals surface area contributed by atoms with E-state index in [1.807, 2.05) is 164 Å². The Morgan fingerprint density at radius 2 is 1.08 bits per heavy atom. The number of hydrogen-bond acceptors (Lipinski definition) is 8. The maximum absolute atomic E-state index is 14.1. The lowest BCUT2D eigenvalue weighted by atomic mass is 9.95. The molecule has 1 fully saturated rings. The van der Waals surface area contributed by atoms with E-state index in [1.54, 1.807) is 7.11 Å². The van der Waals surface area contributed by atoms with Crippen molar-refractivity contribution in [1.29, 1.82) is 0 Å². The van der Waals surface area contributed by atoms with Crippen molar-refractivity contribution in [1.82, 2.24) is 14.9 Å². The van der Waals surface area contributed by atoms with Crippen LogP contribution in [0.2, 0.25) is 0 Å². The number of rotatable bonds is 15. The molecule has 11 rings (SSSR count). The van der Waals surface area contributed by atoms with Gasteiger partial charge in [0.25, 0.3) is 11.8 Å². The zero-order valence-electron chi connectivity index (χ0n) is 36.2. The molecule has 0 bridgehead atoms. The van der Waals surface area contributed by atoms with Crippen LogP contribution in [-0.2, 0) is 50.1 Å². The van der Waals surface area contributed by atoms with Crippen LogP contribution in [0.15, 0.2) is 164 Å². The number of para-hydroxylation sites is 2. The molecule has 2 N–H and O–H groups in total. The van der Waals surface area contributed by atoms with Gasteiger partial charge in [0.05, 0.1) is 67.8 Å². The van der Waals surface area contributed by atoms with E-state index < -0.39 is 42.5 Å². The molecule has 1 saturated heterocycles. The summed E-state index contributed by atoms with van der Waals surface area (Å²) in [5.74, 6) is -0.114. The summed E-state index contributed by atoms with van der Waals surface area (Å²) in [5, 5.41) is 5.55. The predicted octanol–water partition coefficient (Wildman–Crippen LogP) is 10.2. The van der Waals surface area contributed by atoms with Gasteiger partial charge in [-0.2, -0.15) is 0 Å². The van der Waals surface area contributed by atoms with Crippen LogP contribution in [-0.4, -0.2) is 59.5 Å². The third-order valence-corrected chi connectivity index (χ3v) is 12.7. The fraction of sp³-hybridized carbons (Fsp3) is 0.200. The highest BCUT2D eigenvalue weighted by Gasteiger charge is 2.50. The molecule has 0 aliphatic carbocycles. The molecular formula is C55H47N3O8. The standard InChI is InChI=1S/C55H47N3O8/c1-61-38-27-25-37(26-28-38)29-62-33-43-50(63-30-34-15-5-2-6-16-34)51(64-31-35-17-7-3-8-18-35)52(65-32-36-19-9-4-10-20-36)55(66-43)58-42-24-14-12-22-40(42)45-47-46(53(59)57-54(47)60)44-39-21-11-13-23-41(39)56-48(44)49(45)58/h2-28,43,50-52,55-56H,29-33H2,1H3,(H,57,59,60)/t43-,50-,51+,52-,55-/m1/s1. The van der Waals surface area contributed by atoms with E-state index in [-0.39, 0.29) is 26.4 Å². The molecule has 4 heterocycles. The minimum Gasteiger partial charge on any atom is -0.497 e. The molecule has 2 aliphatic heterocycles. The molecule has 330 valence electrons. The van der Waals surface area contributed by atoms with Crippen molar-refractivity contribution in [2.24, 2.45) is 0 Å². The van der Waals surface area contributed by atoms with Gasteiger partial charge in [-0.3, -0.25) is 14.9 Å². The van der Waals surface area contributed by atoms with Gasteiger partial charge < -0.3 is 38.0 Å². The first-order chi connectivity index (χ1) is 32.5. The molecular weight excluding hydrogens is 831 g/mol. The Hall–Kier alpha value is -7.12. The van der Waals surface area contributed by atoms with E-state index in [9.17, 15) is 9.59 Å². The molecule has 11 heteroatoms. The smallest absolute Gasteiger partial charge is 0.259 e. The summed E-state index contributed by atoms with van der Waals surface area (Å²) in [5.41, 5.74) is 7.62. The molecule has 66 heavy (non-hydrogen) atoms. The lowest BCUT2D eigenvalue weighted by Gasteiger charge is -2.47. The fourth-order valence-corrected chi connectivity index (χ4v) is 9.66. The van der Waals surface area contributed by atoms with Crippen LogP contribution in [0.4, 0.5) is 0 Å². The number of methoxy groups -OCH3 is 1. The van der Waals surface area contributed by atoms with Gasteiger partial charge >= 0.3 is 0 Å². The summed E-state index contributed by atoms with van der Waals surface area (Å²) in [4.78, 5) is 31.6. The third kappa shape index (κ3) is 7.70. The Labute approximate surface area is 380 Å². The van der Waals surface area contributed by atoms with Crippen LogP contribution < -0.4 is 10.1 Å². The van der Waals surface area contributed by atoms with E-state index in [0.29, 0.717) is 39.5 Å². The Morgan fingerprint density at radius 1 is 0.545 bits per heavy atom. The van der Waals surface area contributed by atoms with Crippen molar-refractivity contribution in [3.8, 4) is 5.75 Å². The molecule has 5 atom stereocenters. The normalized spacial score (nSPS) is 19.5. The molecule has 7 aromatic carbocycles. The number of fused-ring (bicyclic) bond motifs is 10. The second-order valence-corrected chi connectivity index (χ2v) is 16.8. The second-order valence-electron chi connectivity index (χ2n) is 16.8. The van der Waals surface area contributed by atoms with Crippen LogP contribution in [0.1, 0.15) is 49.2 Å². The Balaban J connectivity index is 1.12. The van der Waals surface area contributed by atoms with Gasteiger partial charge in [0.1, 0.15) is 30.2 Å². The van der Waals surface area contributed by atoms with Gasteiger partial charge in [-0.1, -0.05) is 140 Å². The Morgan fingerprint density at radius 3 is 1.71 bits per heavy atom. The lowest BCUT2D eigenvalue weighted by molar-refractivity contribution is -0.288. The number of carbonyl (C=O) groups is 2. The fourth-order valence-electron chi connectivity index (χ4n) is 9.66.